The number of rotatable bonds is 2. The number of piperidine rings is 1. The number of nitrogens with zero attached hydrogens (tertiary/aromatic N) is 2. The zero-order valence-corrected chi connectivity index (χ0v) is 11.8. The predicted octanol–water partition coefficient (Wildman–Crippen LogP) is 0.670. The summed E-state index contributed by atoms with van der Waals surface area (Å²) in [6.07, 6.45) is 3.63. The molecule has 0 N–H and O–H groups in total. The zero-order valence-electron chi connectivity index (χ0n) is 11.0. The molecule has 1 amide bonds. The van der Waals surface area contributed by atoms with Crippen molar-refractivity contribution in [3.8, 4) is 0 Å². The van der Waals surface area contributed by atoms with Gasteiger partial charge in [0.1, 0.15) is 0 Å². The minimum absolute atomic E-state index is 0.0348. The first-order valence-electron chi connectivity index (χ1n) is 6.74. The third kappa shape index (κ3) is 3.23. The monoisotopic (exact) mass is 274 g/mol. The molecule has 5 nitrogen and oxygen atoms in total. The molecule has 0 aromatic heterocycles. The van der Waals surface area contributed by atoms with E-state index in [0.29, 0.717) is 18.9 Å². The Hall–Kier alpha value is -0.620. The summed E-state index contributed by atoms with van der Waals surface area (Å²) in [5.74, 6) is 0.831. The van der Waals surface area contributed by atoms with E-state index in [-0.39, 0.29) is 18.2 Å². The quantitative estimate of drug-likeness (QED) is 0.743. The lowest BCUT2D eigenvalue weighted by molar-refractivity contribution is -0.132. The Morgan fingerprint density at radius 3 is 2.44 bits per heavy atom. The molecule has 0 aromatic carbocycles. The molecule has 2 aliphatic heterocycles. The van der Waals surface area contributed by atoms with Crippen LogP contribution in [0.15, 0.2) is 0 Å². The first-order valence-corrected chi connectivity index (χ1v) is 8.35. The van der Waals surface area contributed by atoms with Crippen molar-refractivity contribution in [3.05, 3.63) is 0 Å². The van der Waals surface area contributed by atoms with Gasteiger partial charge in [-0.2, -0.15) is 4.31 Å². The van der Waals surface area contributed by atoms with Crippen molar-refractivity contribution in [1.29, 1.82) is 0 Å². The average molecular weight is 274 g/mol. The third-order valence-corrected chi connectivity index (χ3v) is 5.80. The van der Waals surface area contributed by atoms with E-state index in [9.17, 15) is 13.2 Å². The fraction of sp³-hybridized carbons (Fsp3) is 0.917. The van der Waals surface area contributed by atoms with Crippen LogP contribution in [-0.4, -0.2) is 55.5 Å². The zero-order chi connectivity index (χ0) is 13.2. The second kappa shape index (κ2) is 5.57. The van der Waals surface area contributed by atoms with Crippen LogP contribution < -0.4 is 0 Å². The van der Waals surface area contributed by atoms with Crippen molar-refractivity contribution in [2.45, 2.75) is 32.6 Å². The number of hydrogen-bond donors (Lipinski definition) is 0. The molecule has 0 radical (unpaired) electrons. The highest BCUT2D eigenvalue weighted by molar-refractivity contribution is 7.89. The minimum Gasteiger partial charge on any atom is -0.342 e. The summed E-state index contributed by atoms with van der Waals surface area (Å²) in [4.78, 5) is 13.9. The van der Waals surface area contributed by atoms with E-state index in [1.807, 2.05) is 4.90 Å². The van der Waals surface area contributed by atoms with Gasteiger partial charge in [0, 0.05) is 19.6 Å². The Balaban J connectivity index is 1.90. The van der Waals surface area contributed by atoms with Crippen LogP contribution in [0.25, 0.3) is 0 Å². The molecular formula is C12H22N2O3S. The van der Waals surface area contributed by atoms with Gasteiger partial charge in [-0.3, -0.25) is 4.79 Å². The molecule has 0 atom stereocenters. The molecule has 2 saturated heterocycles. The maximum Gasteiger partial charge on any atom is 0.237 e. The van der Waals surface area contributed by atoms with E-state index in [2.05, 4.69) is 6.92 Å². The fourth-order valence-electron chi connectivity index (χ4n) is 2.53. The summed E-state index contributed by atoms with van der Waals surface area (Å²) < 4.78 is 25.0. The van der Waals surface area contributed by atoms with Crippen LogP contribution in [0.5, 0.6) is 0 Å². The van der Waals surface area contributed by atoms with Gasteiger partial charge in [0.2, 0.25) is 15.9 Å². The lowest BCUT2D eigenvalue weighted by Gasteiger charge is -2.33. The van der Waals surface area contributed by atoms with Gasteiger partial charge in [-0.15, -0.1) is 0 Å². The van der Waals surface area contributed by atoms with E-state index in [4.69, 9.17) is 0 Å². The lowest BCUT2D eigenvalue weighted by atomic mass is 9.99. The Morgan fingerprint density at radius 2 is 1.83 bits per heavy atom. The topological polar surface area (TPSA) is 57.7 Å². The summed E-state index contributed by atoms with van der Waals surface area (Å²) in [5, 5.41) is 0. The summed E-state index contributed by atoms with van der Waals surface area (Å²) >= 11 is 0. The average Bonchev–Trinajstić information content (AvgIpc) is 2.32. The lowest BCUT2D eigenvalue weighted by Crippen LogP contribution is -2.47. The summed E-state index contributed by atoms with van der Waals surface area (Å²) in [7, 11) is -3.18. The first kappa shape index (κ1) is 13.8. The van der Waals surface area contributed by atoms with Crippen molar-refractivity contribution in [2.75, 3.05) is 31.9 Å². The number of sulfonamides is 1. The second-order valence-electron chi connectivity index (χ2n) is 5.42. The van der Waals surface area contributed by atoms with Gasteiger partial charge in [0.15, 0.2) is 0 Å². The van der Waals surface area contributed by atoms with Crippen LogP contribution in [-0.2, 0) is 14.8 Å². The highest BCUT2D eigenvalue weighted by atomic mass is 32.2. The van der Waals surface area contributed by atoms with Crippen molar-refractivity contribution in [1.82, 2.24) is 9.21 Å². The van der Waals surface area contributed by atoms with Crippen LogP contribution in [0.4, 0.5) is 0 Å². The fourth-order valence-corrected chi connectivity index (χ4v) is 4.07. The van der Waals surface area contributed by atoms with Crippen LogP contribution in [0.3, 0.4) is 0 Å². The van der Waals surface area contributed by atoms with Gasteiger partial charge in [-0.25, -0.2) is 8.42 Å². The maximum atomic E-state index is 12.1. The highest BCUT2D eigenvalue weighted by Gasteiger charge is 2.30. The van der Waals surface area contributed by atoms with Crippen LogP contribution in [0, 0.1) is 5.92 Å². The first-order chi connectivity index (χ1) is 8.49. The Bertz CT molecular complexity index is 400. The molecule has 0 aliphatic carbocycles. The number of likely N-dealkylation sites (tertiary alicyclic amines) is 1. The van der Waals surface area contributed by atoms with Crippen LogP contribution in [0.1, 0.15) is 32.6 Å². The molecule has 2 heterocycles. The molecule has 6 heteroatoms. The van der Waals surface area contributed by atoms with E-state index >= 15 is 0 Å². The second-order valence-corrected chi connectivity index (χ2v) is 7.51. The largest absolute Gasteiger partial charge is 0.342 e. The van der Waals surface area contributed by atoms with Gasteiger partial charge in [0.25, 0.3) is 0 Å². The summed E-state index contributed by atoms with van der Waals surface area (Å²) in [6, 6.07) is 0. The van der Waals surface area contributed by atoms with Gasteiger partial charge in [-0.1, -0.05) is 6.92 Å². The van der Waals surface area contributed by atoms with Crippen LogP contribution in [0.2, 0.25) is 0 Å². The number of amides is 1. The number of carbonyl (C=O) groups excluding carboxylic acids is 1. The van der Waals surface area contributed by atoms with Crippen molar-refractivity contribution < 1.29 is 13.2 Å². The number of hydrogen-bond acceptors (Lipinski definition) is 3. The minimum atomic E-state index is -3.18. The normalized spacial score (nSPS) is 26.2. The Labute approximate surface area is 109 Å². The molecule has 2 rings (SSSR count). The smallest absolute Gasteiger partial charge is 0.237 e. The van der Waals surface area contributed by atoms with Crippen molar-refractivity contribution >= 4 is 15.9 Å². The SMILES string of the molecule is CC1CCN(C(=O)CN2CCCCS2(=O)=O)CC1. The van der Waals surface area contributed by atoms with E-state index in [1.54, 1.807) is 0 Å². The predicted molar refractivity (Wildman–Crippen MR) is 69.6 cm³/mol. The number of carbonyl (C=O) groups is 1. The molecule has 0 saturated carbocycles. The van der Waals surface area contributed by atoms with E-state index in [1.165, 1.54) is 4.31 Å². The van der Waals surface area contributed by atoms with Gasteiger partial charge < -0.3 is 4.90 Å². The summed E-state index contributed by atoms with van der Waals surface area (Å²) in [5.41, 5.74) is 0. The molecule has 0 spiro atoms. The van der Waals surface area contributed by atoms with E-state index in [0.717, 1.165) is 32.4 Å². The van der Waals surface area contributed by atoms with Gasteiger partial charge in [0.05, 0.1) is 12.3 Å². The van der Waals surface area contributed by atoms with Crippen LogP contribution >= 0.6 is 0 Å². The molecule has 0 aromatic rings. The molecule has 0 unspecified atom stereocenters. The standard InChI is InChI=1S/C12H22N2O3S/c1-11-4-7-13(8-5-11)12(15)10-14-6-2-3-9-18(14,16)17/h11H,2-10H2,1H3. The van der Waals surface area contributed by atoms with E-state index < -0.39 is 10.0 Å². The van der Waals surface area contributed by atoms with Crippen molar-refractivity contribution in [2.24, 2.45) is 5.92 Å². The van der Waals surface area contributed by atoms with Crippen molar-refractivity contribution in [3.63, 3.8) is 0 Å². The Morgan fingerprint density at radius 1 is 1.17 bits per heavy atom. The van der Waals surface area contributed by atoms with Gasteiger partial charge in [-0.05, 0) is 31.6 Å². The highest BCUT2D eigenvalue weighted by Crippen LogP contribution is 2.18. The summed E-state index contributed by atoms with van der Waals surface area (Å²) in [6.45, 7) is 4.27. The molecular weight excluding hydrogens is 252 g/mol. The third-order valence-electron chi connectivity index (χ3n) is 3.90. The molecule has 2 aliphatic rings. The maximum absolute atomic E-state index is 12.1. The molecule has 2 fully saturated rings. The molecule has 18 heavy (non-hydrogen) atoms. The molecule has 104 valence electrons. The Kier molecular flexibility index (Phi) is 4.27. The molecule has 0 bridgehead atoms. The van der Waals surface area contributed by atoms with Gasteiger partial charge >= 0.3 is 0 Å².